The van der Waals surface area contributed by atoms with Crippen LogP contribution in [0.15, 0.2) is 34.8 Å². The van der Waals surface area contributed by atoms with E-state index in [0.717, 1.165) is 0 Å². The van der Waals surface area contributed by atoms with Crippen molar-refractivity contribution in [2.75, 3.05) is 26.1 Å². The monoisotopic (exact) mass is 413 g/mol. The highest BCUT2D eigenvalue weighted by molar-refractivity contribution is 9.10. The van der Waals surface area contributed by atoms with Crippen molar-refractivity contribution in [2.24, 2.45) is 0 Å². The van der Waals surface area contributed by atoms with Gasteiger partial charge in [0.15, 0.2) is 5.75 Å². The first kappa shape index (κ1) is 18.4. The minimum absolute atomic E-state index is 0.343. The van der Waals surface area contributed by atoms with Crippen LogP contribution in [0.3, 0.4) is 0 Å². The molecule has 0 atom stereocenters. The van der Waals surface area contributed by atoms with Gasteiger partial charge in [0.25, 0.3) is 5.91 Å². The summed E-state index contributed by atoms with van der Waals surface area (Å²) >= 11 is 9.47. The van der Waals surface area contributed by atoms with Crippen LogP contribution >= 0.6 is 27.5 Å². The van der Waals surface area contributed by atoms with Gasteiger partial charge in [-0.25, -0.2) is 0 Å². The smallest absolute Gasteiger partial charge is 0.259 e. The number of amides is 1. The number of hydrogen-bond donors (Lipinski definition) is 1. The highest BCUT2D eigenvalue weighted by Gasteiger charge is 2.18. The number of halogens is 2. The first-order valence-corrected chi connectivity index (χ1v) is 8.32. The molecule has 0 aliphatic carbocycles. The average Bonchev–Trinajstić information content (AvgIpc) is 2.57. The van der Waals surface area contributed by atoms with Gasteiger partial charge < -0.3 is 19.5 Å². The third-order valence-corrected chi connectivity index (χ3v) is 4.00. The molecule has 0 aliphatic rings. The van der Waals surface area contributed by atoms with Gasteiger partial charge in [-0.2, -0.15) is 0 Å². The maximum Gasteiger partial charge on any atom is 0.259 e. The zero-order chi connectivity index (χ0) is 17.7. The SMILES string of the molecule is CCOc1c(Br)cc(Cl)cc1NC(=O)c1cc(OC)ccc1OC. The number of rotatable bonds is 6. The number of hydrogen-bond acceptors (Lipinski definition) is 4. The minimum Gasteiger partial charge on any atom is -0.497 e. The lowest BCUT2D eigenvalue weighted by molar-refractivity contribution is 0.102. The summed E-state index contributed by atoms with van der Waals surface area (Å²) in [6.45, 7) is 2.31. The van der Waals surface area contributed by atoms with Crippen molar-refractivity contribution in [1.29, 1.82) is 0 Å². The summed E-state index contributed by atoms with van der Waals surface area (Å²) in [6.07, 6.45) is 0. The van der Waals surface area contributed by atoms with Crippen molar-refractivity contribution in [3.8, 4) is 17.2 Å². The number of carbonyl (C=O) groups excluding carboxylic acids is 1. The summed E-state index contributed by atoms with van der Waals surface area (Å²) in [6, 6.07) is 8.33. The Kier molecular flexibility index (Phi) is 6.34. The molecule has 2 aromatic carbocycles. The zero-order valence-electron chi connectivity index (χ0n) is 13.5. The van der Waals surface area contributed by atoms with E-state index in [9.17, 15) is 4.79 Å². The Bertz CT molecular complexity index is 752. The molecule has 5 nitrogen and oxygen atoms in total. The molecule has 0 radical (unpaired) electrons. The molecule has 2 aromatic rings. The van der Waals surface area contributed by atoms with Crippen LogP contribution in [0.2, 0.25) is 5.02 Å². The molecule has 128 valence electrons. The van der Waals surface area contributed by atoms with Gasteiger partial charge in [0.05, 0.1) is 36.6 Å². The molecule has 0 aromatic heterocycles. The van der Waals surface area contributed by atoms with E-state index in [4.69, 9.17) is 25.8 Å². The second-order valence-corrected chi connectivity index (χ2v) is 6.01. The molecule has 24 heavy (non-hydrogen) atoms. The fourth-order valence-electron chi connectivity index (χ4n) is 2.13. The van der Waals surface area contributed by atoms with Crippen LogP contribution in [0.5, 0.6) is 17.2 Å². The van der Waals surface area contributed by atoms with Crippen LogP contribution in [0.25, 0.3) is 0 Å². The fraction of sp³-hybridized carbons (Fsp3) is 0.235. The molecule has 7 heteroatoms. The van der Waals surface area contributed by atoms with Crippen molar-refractivity contribution >= 4 is 39.1 Å². The Labute approximate surface area is 154 Å². The maximum atomic E-state index is 12.7. The highest BCUT2D eigenvalue weighted by atomic mass is 79.9. The minimum atomic E-state index is -0.360. The quantitative estimate of drug-likeness (QED) is 0.740. The van der Waals surface area contributed by atoms with E-state index >= 15 is 0 Å². The van der Waals surface area contributed by atoms with E-state index in [-0.39, 0.29) is 5.91 Å². The van der Waals surface area contributed by atoms with Crippen molar-refractivity contribution in [1.82, 2.24) is 0 Å². The third kappa shape index (κ3) is 4.13. The lowest BCUT2D eigenvalue weighted by atomic mass is 10.1. The summed E-state index contributed by atoms with van der Waals surface area (Å²) in [5.41, 5.74) is 0.807. The third-order valence-electron chi connectivity index (χ3n) is 3.20. The van der Waals surface area contributed by atoms with Gasteiger partial charge in [-0.15, -0.1) is 0 Å². The van der Waals surface area contributed by atoms with Crippen molar-refractivity contribution in [3.63, 3.8) is 0 Å². The Morgan fingerprint density at radius 1 is 1.21 bits per heavy atom. The van der Waals surface area contributed by atoms with Crippen LogP contribution in [0.1, 0.15) is 17.3 Å². The molecule has 1 amide bonds. The summed E-state index contributed by atoms with van der Waals surface area (Å²) in [7, 11) is 3.03. The number of anilines is 1. The molecular weight excluding hydrogens is 398 g/mol. The number of benzene rings is 2. The number of methoxy groups -OCH3 is 2. The van der Waals surface area contributed by atoms with Gasteiger partial charge in [-0.05, 0) is 53.2 Å². The molecule has 0 fully saturated rings. The average molecular weight is 415 g/mol. The van der Waals surface area contributed by atoms with Gasteiger partial charge in [-0.1, -0.05) is 11.6 Å². The van der Waals surface area contributed by atoms with Crippen LogP contribution in [-0.4, -0.2) is 26.7 Å². The van der Waals surface area contributed by atoms with Gasteiger partial charge in [0, 0.05) is 5.02 Å². The van der Waals surface area contributed by atoms with Gasteiger partial charge >= 0.3 is 0 Å². The molecule has 0 spiro atoms. The molecule has 0 heterocycles. The summed E-state index contributed by atoms with van der Waals surface area (Å²) in [5.74, 6) is 1.14. The molecule has 0 aliphatic heterocycles. The van der Waals surface area contributed by atoms with E-state index in [2.05, 4.69) is 21.2 Å². The van der Waals surface area contributed by atoms with Crippen LogP contribution in [0, 0.1) is 0 Å². The number of ether oxygens (including phenoxy) is 3. The largest absolute Gasteiger partial charge is 0.497 e. The van der Waals surface area contributed by atoms with Gasteiger partial charge in [0.2, 0.25) is 0 Å². The van der Waals surface area contributed by atoms with Crippen LogP contribution in [0.4, 0.5) is 5.69 Å². The summed E-state index contributed by atoms with van der Waals surface area (Å²) in [5, 5.41) is 3.28. The highest BCUT2D eigenvalue weighted by Crippen LogP contribution is 2.37. The van der Waals surface area contributed by atoms with Gasteiger partial charge in [-0.3, -0.25) is 4.79 Å². The lowest BCUT2D eigenvalue weighted by Gasteiger charge is -2.15. The molecule has 0 unspecified atom stereocenters. The normalized spacial score (nSPS) is 10.2. The Balaban J connectivity index is 2.40. The van der Waals surface area contributed by atoms with E-state index in [0.29, 0.717) is 44.6 Å². The standard InChI is InChI=1S/C17H17BrClNO4/c1-4-24-16-13(18)7-10(19)8-14(16)20-17(21)12-9-11(22-2)5-6-15(12)23-3/h5-9H,4H2,1-3H3,(H,20,21). The second-order valence-electron chi connectivity index (χ2n) is 4.72. The second kappa shape index (κ2) is 8.26. The Morgan fingerprint density at radius 3 is 2.58 bits per heavy atom. The summed E-state index contributed by atoms with van der Waals surface area (Å²) < 4.78 is 16.7. The molecular formula is C17H17BrClNO4. The van der Waals surface area contributed by atoms with Crippen molar-refractivity contribution in [3.05, 3.63) is 45.4 Å². The topological polar surface area (TPSA) is 56.8 Å². The van der Waals surface area contributed by atoms with E-state index in [1.54, 1.807) is 30.3 Å². The van der Waals surface area contributed by atoms with E-state index < -0.39 is 0 Å². The molecule has 1 N–H and O–H groups in total. The first-order chi connectivity index (χ1) is 11.5. The predicted octanol–water partition coefficient (Wildman–Crippen LogP) is 4.77. The van der Waals surface area contributed by atoms with Crippen molar-refractivity contribution < 1.29 is 19.0 Å². The van der Waals surface area contributed by atoms with E-state index in [1.165, 1.54) is 14.2 Å². The Morgan fingerprint density at radius 2 is 1.96 bits per heavy atom. The summed E-state index contributed by atoms with van der Waals surface area (Å²) in [4.78, 5) is 12.7. The van der Waals surface area contributed by atoms with Gasteiger partial charge in [0.1, 0.15) is 11.5 Å². The van der Waals surface area contributed by atoms with Crippen molar-refractivity contribution in [2.45, 2.75) is 6.92 Å². The van der Waals surface area contributed by atoms with Crippen LogP contribution < -0.4 is 19.5 Å². The Hall–Kier alpha value is -1.92. The predicted molar refractivity (Wildman–Crippen MR) is 97.8 cm³/mol. The molecule has 0 bridgehead atoms. The number of nitrogens with one attached hydrogen (secondary N) is 1. The number of carbonyl (C=O) groups is 1. The molecule has 0 saturated heterocycles. The maximum absolute atomic E-state index is 12.7. The van der Waals surface area contributed by atoms with Crippen LogP contribution in [-0.2, 0) is 0 Å². The molecule has 2 rings (SSSR count). The van der Waals surface area contributed by atoms with E-state index in [1.807, 2.05) is 6.92 Å². The first-order valence-electron chi connectivity index (χ1n) is 7.15. The lowest BCUT2D eigenvalue weighted by Crippen LogP contribution is -2.14. The zero-order valence-corrected chi connectivity index (χ0v) is 15.8. The molecule has 0 saturated carbocycles. The fourth-order valence-corrected chi connectivity index (χ4v) is 3.05.